The first-order chi connectivity index (χ1) is 8.12. The molecule has 0 atom stereocenters. The van der Waals surface area contributed by atoms with Gasteiger partial charge in [0, 0.05) is 18.3 Å². The van der Waals surface area contributed by atoms with Crippen molar-refractivity contribution in [2.24, 2.45) is 0 Å². The minimum absolute atomic E-state index is 0.317. The second kappa shape index (κ2) is 4.44. The molecule has 1 aromatic heterocycles. The fourth-order valence-electron chi connectivity index (χ4n) is 1.74. The number of hydrogen-bond acceptors (Lipinski definition) is 3. The van der Waals surface area contributed by atoms with Crippen molar-refractivity contribution in [1.82, 2.24) is 20.8 Å². The maximum atomic E-state index is 11.5. The third-order valence-electron chi connectivity index (χ3n) is 2.98. The Morgan fingerprint density at radius 2 is 2.29 bits per heavy atom. The number of urea groups is 1. The van der Waals surface area contributed by atoms with Gasteiger partial charge in [-0.3, -0.25) is 5.10 Å². The third kappa shape index (κ3) is 2.38. The molecule has 1 aromatic rings. The van der Waals surface area contributed by atoms with Crippen molar-refractivity contribution in [2.45, 2.75) is 31.3 Å². The molecule has 1 fully saturated rings. The molecule has 0 radical (unpaired) electrons. The van der Waals surface area contributed by atoms with E-state index in [1.54, 1.807) is 12.4 Å². The largest absolute Gasteiger partial charge is 0.480 e. The summed E-state index contributed by atoms with van der Waals surface area (Å²) >= 11 is 0. The van der Waals surface area contributed by atoms with Gasteiger partial charge in [0.25, 0.3) is 0 Å². The van der Waals surface area contributed by atoms with Crippen molar-refractivity contribution in [3.63, 3.8) is 0 Å². The van der Waals surface area contributed by atoms with E-state index in [2.05, 4.69) is 20.8 Å². The predicted molar refractivity (Wildman–Crippen MR) is 58.2 cm³/mol. The van der Waals surface area contributed by atoms with Gasteiger partial charge in [-0.25, -0.2) is 9.59 Å². The van der Waals surface area contributed by atoms with E-state index in [0.717, 1.165) is 12.0 Å². The molecule has 17 heavy (non-hydrogen) atoms. The van der Waals surface area contributed by atoms with Gasteiger partial charge in [0.05, 0.1) is 6.20 Å². The number of aromatic nitrogens is 2. The van der Waals surface area contributed by atoms with E-state index in [0.29, 0.717) is 19.4 Å². The third-order valence-corrected chi connectivity index (χ3v) is 2.98. The van der Waals surface area contributed by atoms with Crippen molar-refractivity contribution >= 4 is 12.0 Å². The molecule has 2 rings (SSSR count). The normalized spacial score (nSPS) is 16.9. The lowest BCUT2D eigenvalue weighted by Gasteiger charge is -2.38. The Kier molecular flexibility index (Phi) is 2.99. The Morgan fingerprint density at radius 3 is 2.76 bits per heavy atom. The Bertz CT molecular complexity index is 411. The number of hydrogen-bond donors (Lipinski definition) is 4. The number of carbonyl (C=O) groups excluding carboxylic acids is 1. The number of H-pyrrole nitrogens is 1. The maximum absolute atomic E-state index is 11.5. The number of amides is 2. The Morgan fingerprint density at radius 1 is 1.53 bits per heavy atom. The molecule has 1 saturated carbocycles. The van der Waals surface area contributed by atoms with Gasteiger partial charge >= 0.3 is 12.0 Å². The highest BCUT2D eigenvalue weighted by molar-refractivity contribution is 5.87. The van der Waals surface area contributed by atoms with Crippen LogP contribution in [-0.2, 0) is 11.3 Å². The zero-order chi connectivity index (χ0) is 12.3. The Balaban J connectivity index is 1.83. The molecule has 0 aliphatic heterocycles. The lowest BCUT2D eigenvalue weighted by molar-refractivity contribution is -0.148. The van der Waals surface area contributed by atoms with Crippen LogP contribution in [0.25, 0.3) is 0 Å². The molecule has 1 heterocycles. The minimum atomic E-state index is -1.07. The highest BCUT2D eigenvalue weighted by atomic mass is 16.4. The summed E-state index contributed by atoms with van der Waals surface area (Å²) in [5.74, 6) is -0.970. The maximum Gasteiger partial charge on any atom is 0.329 e. The van der Waals surface area contributed by atoms with Crippen molar-refractivity contribution in [1.29, 1.82) is 0 Å². The molecule has 0 saturated heterocycles. The predicted octanol–water partition coefficient (Wildman–Crippen LogP) is 0.216. The molecule has 0 aromatic carbocycles. The summed E-state index contributed by atoms with van der Waals surface area (Å²) in [7, 11) is 0. The van der Waals surface area contributed by atoms with Crippen LogP contribution in [0.15, 0.2) is 12.4 Å². The van der Waals surface area contributed by atoms with Crippen LogP contribution in [0.4, 0.5) is 4.79 Å². The number of nitrogens with one attached hydrogen (secondary N) is 3. The first kappa shape index (κ1) is 11.4. The number of carboxylic acids is 1. The molecule has 2 amide bonds. The van der Waals surface area contributed by atoms with Crippen LogP contribution in [0.3, 0.4) is 0 Å². The van der Waals surface area contributed by atoms with Gasteiger partial charge in [0.2, 0.25) is 0 Å². The topological polar surface area (TPSA) is 107 Å². The molecular weight excluding hydrogens is 224 g/mol. The number of nitrogens with zero attached hydrogens (tertiary/aromatic N) is 1. The minimum Gasteiger partial charge on any atom is -0.480 e. The molecule has 7 nitrogen and oxygen atoms in total. The second-order valence-electron chi connectivity index (χ2n) is 4.16. The van der Waals surface area contributed by atoms with E-state index in [1.165, 1.54) is 0 Å². The summed E-state index contributed by atoms with van der Waals surface area (Å²) in [6, 6.07) is -0.465. The van der Waals surface area contributed by atoms with E-state index in [9.17, 15) is 9.59 Å². The summed E-state index contributed by atoms with van der Waals surface area (Å²) in [6.07, 6.45) is 5.06. The van der Waals surface area contributed by atoms with Crippen LogP contribution in [0.2, 0.25) is 0 Å². The van der Waals surface area contributed by atoms with Crippen molar-refractivity contribution in [3.05, 3.63) is 18.0 Å². The van der Waals surface area contributed by atoms with Crippen molar-refractivity contribution in [3.8, 4) is 0 Å². The quantitative estimate of drug-likeness (QED) is 0.601. The number of aromatic amines is 1. The fourth-order valence-corrected chi connectivity index (χ4v) is 1.74. The standard InChI is InChI=1S/C10H14N4O3/c15-8(16)10(2-1-3-10)14-9(17)11-4-7-5-12-13-6-7/h5-6H,1-4H2,(H,12,13)(H,15,16)(H2,11,14,17). The Labute approximate surface area is 97.6 Å². The molecule has 1 aliphatic rings. The number of aliphatic carboxylic acids is 1. The van der Waals surface area contributed by atoms with Gasteiger partial charge in [0.15, 0.2) is 0 Å². The molecule has 7 heteroatoms. The van der Waals surface area contributed by atoms with Gasteiger partial charge in [0.1, 0.15) is 5.54 Å². The van der Waals surface area contributed by atoms with Crippen molar-refractivity contribution < 1.29 is 14.7 Å². The van der Waals surface area contributed by atoms with E-state index >= 15 is 0 Å². The molecular formula is C10H14N4O3. The smallest absolute Gasteiger partial charge is 0.329 e. The first-order valence-corrected chi connectivity index (χ1v) is 5.39. The fraction of sp³-hybridized carbons (Fsp3) is 0.500. The first-order valence-electron chi connectivity index (χ1n) is 5.39. The summed E-state index contributed by atoms with van der Waals surface area (Å²) in [5, 5.41) is 20.5. The highest BCUT2D eigenvalue weighted by Gasteiger charge is 2.45. The van der Waals surface area contributed by atoms with E-state index < -0.39 is 17.5 Å². The lowest BCUT2D eigenvalue weighted by Crippen LogP contribution is -2.61. The van der Waals surface area contributed by atoms with Gasteiger partial charge in [-0.05, 0) is 19.3 Å². The molecule has 0 spiro atoms. The Hall–Kier alpha value is -2.05. The number of rotatable bonds is 4. The highest BCUT2D eigenvalue weighted by Crippen LogP contribution is 2.31. The average molecular weight is 238 g/mol. The molecule has 92 valence electrons. The van der Waals surface area contributed by atoms with Gasteiger partial charge < -0.3 is 15.7 Å². The molecule has 0 unspecified atom stereocenters. The van der Waals surface area contributed by atoms with E-state index in [1.807, 2.05) is 0 Å². The van der Waals surface area contributed by atoms with Crippen LogP contribution < -0.4 is 10.6 Å². The summed E-state index contributed by atoms with van der Waals surface area (Å²) in [4.78, 5) is 22.5. The zero-order valence-electron chi connectivity index (χ0n) is 9.19. The van der Waals surface area contributed by atoms with Gasteiger partial charge in [-0.1, -0.05) is 0 Å². The zero-order valence-corrected chi connectivity index (χ0v) is 9.19. The van der Waals surface area contributed by atoms with Crippen LogP contribution in [0.5, 0.6) is 0 Å². The van der Waals surface area contributed by atoms with E-state index in [4.69, 9.17) is 5.11 Å². The average Bonchev–Trinajstić information content (AvgIpc) is 2.72. The number of carbonyl (C=O) groups is 2. The van der Waals surface area contributed by atoms with Crippen LogP contribution in [0, 0.1) is 0 Å². The molecule has 1 aliphatic carbocycles. The van der Waals surface area contributed by atoms with Gasteiger partial charge in [-0.15, -0.1) is 0 Å². The molecule has 4 N–H and O–H groups in total. The van der Waals surface area contributed by atoms with Gasteiger partial charge in [-0.2, -0.15) is 5.10 Å². The number of carboxylic acid groups (broad SMARTS) is 1. The van der Waals surface area contributed by atoms with Crippen LogP contribution >= 0.6 is 0 Å². The molecule has 0 bridgehead atoms. The van der Waals surface area contributed by atoms with E-state index in [-0.39, 0.29) is 0 Å². The summed E-state index contributed by atoms with van der Waals surface area (Å²) < 4.78 is 0. The summed E-state index contributed by atoms with van der Waals surface area (Å²) in [6.45, 7) is 0.317. The van der Waals surface area contributed by atoms with Crippen LogP contribution in [-0.4, -0.2) is 32.8 Å². The summed E-state index contributed by atoms with van der Waals surface area (Å²) in [5.41, 5.74) is -0.237. The van der Waals surface area contributed by atoms with Crippen molar-refractivity contribution in [2.75, 3.05) is 0 Å². The lowest BCUT2D eigenvalue weighted by atomic mass is 9.77. The monoisotopic (exact) mass is 238 g/mol. The SMILES string of the molecule is O=C(NCc1cn[nH]c1)NC1(C(=O)O)CCC1. The second-order valence-corrected chi connectivity index (χ2v) is 4.16. The van der Waals surface area contributed by atoms with Crippen LogP contribution in [0.1, 0.15) is 24.8 Å².